The molecule has 1 N–H and O–H groups in total. The fourth-order valence-electron chi connectivity index (χ4n) is 4.66. The Hall–Kier alpha value is -2.22. The van der Waals surface area contributed by atoms with Gasteiger partial charge < -0.3 is 15.0 Å². The van der Waals surface area contributed by atoms with Crippen LogP contribution in [0.25, 0.3) is 6.08 Å². The molecule has 2 fully saturated rings. The van der Waals surface area contributed by atoms with E-state index in [-0.39, 0.29) is 17.8 Å². The van der Waals surface area contributed by atoms with Gasteiger partial charge in [-0.15, -0.1) is 0 Å². The Morgan fingerprint density at radius 2 is 1.80 bits per heavy atom. The van der Waals surface area contributed by atoms with Crippen LogP contribution in [0.15, 0.2) is 53.0 Å². The molecule has 0 radical (unpaired) electrons. The van der Waals surface area contributed by atoms with E-state index in [2.05, 4.69) is 55.3 Å². The number of nitrogens with one attached hydrogen (secondary N) is 1. The molecular formula is C28H35BrFN3O2. The zero-order valence-electron chi connectivity index (χ0n) is 20.2. The molecule has 0 aliphatic carbocycles. The Morgan fingerprint density at radius 3 is 2.51 bits per heavy atom. The van der Waals surface area contributed by atoms with Crippen LogP contribution in [0.3, 0.4) is 0 Å². The number of piperidine rings is 1. The molecule has 1 amide bonds. The molecule has 0 unspecified atom stereocenters. The van der Waals surface area contributed by atoms with Crippen LogP contribution < -0.4 is 10.1 Å². The van der Waals surface area contributed by atoms with Crippen LogP contribution in [0.1, 0.15) is 48.0 Å². The van der Waals surface area contributed by atoms with E-state index >= 15 is 0 Å². The number of ether oxygens (including phenoxy) is 1. The largest absolute Gasteiger partial charge is 0.494 e. The van der Waals surface area contributed by atoms with Gasteiger partial charge in [-0.3, -0.25) is 9.69 Å². The Balaban J connectivity index is 1.12. The minimum atomic E-state index is -0.365. The van der Waals surface area contributed by atoms with Gasteiger partial charge in [0.1, 0.15) is 11.6 Å². The predicted octanol–water partition coefficient (Wildman–Crippen LogP) is 5.36. The first-order chi connectivity index (χ1) is 17.1. The van der Waals surface area contributed by atoms with Crippen LogP contribution in [-0.4, -0.2) is 67.6 Å². The van der Waals surface area contributed by atoms with Gasteiger partial charge in [0.15, 0.2) is 0 Å². The molecule has 5 nitrogen and oxygen atoms in total. The topological polar surface area (TPSA) is 44.8 Å². The van der Waals surface area contributed by atoms with Crippen molar-refractivity contribution in [2.24, 2.45) is 0 Å². The number of carbonyl (C=O) groups is 1. The summed E-state index contributed by atoms with van der Waals surface area (Å²) in [7, 11) is 0. The van der Waals surface area contributed by atoms with E-state index in [0.29, 0.717) is 10.0 Å². The summed E-state index contributed by atoms with van der Waals surface area (Å²) in [6.07, 6.45) is 9.91. The SMILES string of the molecule is O=C(NC1CCN(C/C=C/c2ccc(OCCCN3CCCC3)cc2)CC1)c1ccc(F)c(Br)c1. The van der Waals surface area contributed by atoms with Crippen molar-refractivity contribution in [2.45, 2.75) is 38.1 Å². The van der Waals surface area contributed by atoms with Crippen molar-refractivity contribution in [3.8, 4) is 5.75 Å². The van der Waals surface area contributed by atoms with Crippen molar-refractivity contribution in [2.75, 3.05) is 45.9 Å². The highest BCUT2D eigenvalue weighted by Crippen LogP contribution is 2.18. The van der Waals surface area contributed by atoms with Crippen molar-refractivity contribution in [3.05, 3.63) is 70.0 Å². The Morgan fingerprint density at radius 1 is 1.06 bits per heavy atom. The van der Waals surface area contributed by atoms with E-state index in [4.69, 9.17) is 4.74 Å². The van der Waals surface area contributed by atoms with Crippen molar-refractivity contribution in [1.82, 2.24) is 15.1 Å². The molecule has 0 aromatic heterocycles. The van der Waals surface area contributed by atoms with Crippen LogP contribution in [0.5, 0.6) is 5.75 Å². The zero-order chi connectivity index (χ0) is 24.5. The van der Waals surface area contributed by atoms with Crippen molar-refractivity contribution in [1.29, 1.82) is 0 Å². The van der Waals surface area contributed by atoms with Crippen molar-refractivity contribution < 1.29 is 13.9 Å². The highest BCUT2D eigenvalue weighted by Gasteiger charge is 2.21. The molecule has 2 aliphatic heterocycles. The third-order valence-electron chi connectivity index (χ3n) is 6.74. The number of likely N-dealkylation sites (tertiary alicyclic amines) is 2. The van der Waals surface area contributed by atoms with Gasteiger partial charge >= 0.3 is 0 Å². The normalized spacial score (nSPS) is 17.8. The molecule has 188 valence electrons. The summed E-state index contributed by atoms with van der Waals surface area (Å²) in [5, 5.41) is 3.08. The van der Waals surface area contributed by atoms with Gasteiger partial charge in [-0.05, 0) is 97.0 Å². The van der Waals surface area contributed by atoms with Gasteiger partial charge in [-0.1, -0.05) is 24.3 Å². The molecule has 2 heterocycles. The van der Waals surface area contributed by atoms with Gasteiger partial charge in [0.25, 0.3) is 5.91 Å². The average Bonchev–Trinajstić information content (AvgIpc) is 3.39. The lowest BCUT2D eigenvalue weighted by atomic mass is 10.0. The van der Waals surface area contributed by atoms with Crippen molar-refractivity contribution >= 4 is 27.9 Å². The van der Waals surface area contributed by atoms with Gasteiger partial charge in [0.2, 0.25) is 0 Å². The van der Waals surface area contributed by atoms with Gasteiger partial charge in [-0.2, -0.15) is 0 Å². The number of nitrogens with zero attached hydrogens (tertiary/aromatic N) is 2. The monoisotopic (exact) mass is 543 g/mol. The predicted molar refractivity (Wildman–Crippen MR) is 142 cm³/mol. The minimum Gasteiger partial charge on any atom is -0.494 e. The summed E-state index contributed by atoms with van der Waals surface area (Å²) in [4.78, 5) is 17.4. The second kappa shape index (κ2) is 13.2. The van der Waals surface area contributed by atoms with E-state index in [0.717, 1.165) is 57.8 Å². The molecule has 2 saturated heterocycles. The smallest absolute Gasteiger partial charge is 0.251 e. The minimum absolute atomic E-state index is 0.148. The second-order valence-electron chi connectivity index (χ2n) is 9.40. The number of halogens is 2. The van der Waals surface area contributed by atoms with Crippen LogP contribution in [0.2, 0.25) is 0 Å². The third kappa shape index (κ3) is 8.16. The molecule has 2 aromatic rings. The lowest BCUT2D eigenvalue weighted by molar-refractivity contribution is 0.0914. The first-order valence-electron chi connectivity index (χ1n) is 12.7. The van der Waals surface area contributed by atoms with E-state index in [9.17, 15) is 9.18 Å². The van der Waals surface area contributed by atoms with E-state index in [1.54, 1.807) is 0 Å². The van der Waals surface area contributed by atoms with Crippen LogP contribution in [0.4, 0.5) is 4.39 Å². The van der Waals surface area contributed by atoms with Crippen LogP contribution >= 0.6 is 15.9 Å². The molecule has 0 atom stereocenters. The molecular weight excluding hydrogens is 509 g/mol. The number of rotatable bonds is 10. The fraction of sp³-hybridized carbons (Fsp3) is 0.464. The molecule has 0 bridgehead atoms. The zero-order valence-corrected chi connectivity index (χ0v) is 21.8. The number of benzene rings is 2. The summed E-state index contributed by atoms with van der Waals surface area (Å²) in [6.45, 7) is 7.15. The van der Waals surface area contributed by atoms with Gasteiger partial charge in [-0.25, -0.2) is 4.39 Å². The molecule has 2 aliphatic rings. The maximum atomic E-state index is 13.4. The molecule has 2 aromatic carbocycles. The molecule has 0 saturated carbocycles. The maximum absolute atomic E-state index is 13.4. The summed E-state index contributed by atoms with van der Waals surface area (Å²) in [5.74, 6) is 0.416. The first kappa shape index (κ1) is 25.9. The van der Waals surface area contributed by atoms with E-state index in [1.807, 2.05) is 12.1 Å². The quantitative estimate of drug-likeness (QED) is 0.409. The second-order valence-corrected chi connectivity index (χ2v) is 10.3. The third-order valence-corrected chi connectivity index (χ3v) is 7.35. The van der Waals surface area contributed by atoms with Gasteiger partial charge in [0, 0.05) is 37.8 Å². The summed E-state index contributed by atoms with van der Waals surface area (Å²) in [6, 6.07) is 12.8. The summed E-state index contributed by atoms with van der Waals surface area (Å²) < 4.78 is 19.6. The fourth-order valence-corrected chi connectivity index (χ4v) is 5.04. The maximum Gasteiger partial charge on any atom is 0.251 e. The lowest BCUT2D eigenvalue weighted by Crippen LogP contribution is -2.44. The number of hydrogen-bond acceptors (Lipinski definition) is 4. The summed E-state index contributed by atoms with van der Waals surface area (Å²) in [5.41, 5.74) is 1.64. The highest BCUT2D eigenvalue weighted by atomic mass is 79.9. The average molecular weight is 545 g/mol. The van der Waals surface area contributed by atoms with Crippen molar-refractivity contribution in [3.63, 3.8) is 0 Å². The van der Waals surface area contributed by atoms with E-state index < -0.39 is 0 Å². The Labute approximate surface area is 216 Å². The highest BCUT2D eigenvalue weighted by molar-refractivity contribution is 9.10. The molecule has 0 spiro atoms. The van der Waals surface area contributed by atoms with E-state index in [1.165, 1.54) is 49.7 Å². The Kier molecular flexibility index (Phi) is 9.74. The number of carbonyl (C=O) groups excluding carboxylic acids is 1. The summed E-state index contributed by atoms with van der Waals surface area (Å²) >= 11 is 3.14. The standard InChI is InChI=1S/C28H35BrFN3O2/c29-26-21-23(8-11-27(26)30)28(34)31-24-12-18-33(19-13-24)16-3-5-22-6-9-25(10-7-22)35-20-4-17-32-14-1-2-15-32/h3,5-11,21,24H,1-2,4,12-20H2,(H,31,34)/b5-3+. The number of hydrogen-bond donors (Lipinski definition) is 1. The Bertz CT molecular complexity index is 984. The molecule has 7 heteroatoms. The first-order valence-corrected chi connectivity index (χ1v) is 13.5. The van der Waals surface area contributed by atoms with Crippen LogP contribution in [0, 0.1) is 5.82 Å². The van der Waals surface area contributed by atoms with Crippen LogP contribution in [-0.2, 0) is 0 Å². The lowest BCUT2D eigenvalue weighted by Gasteiger charge is -2.31. The molecule has 4 rings (SSSR count). The van der Waals surface area contributed by atoms with Gasteiger partial charge in [0.05, 0.1) is 11.1 Å². The number of amides is 1. The molecule has 35 heavy (non-hydrogen) atoms.